The highest BCUT2D eigenvalue weighted by atomic mass is 35.5. The van der Waals surface area contributed by atoms with Gasteiger partial charge in [0, 0.05) is 32.1 Å². The molecule has 0 aromatic heterocycles. The second-order valence-corrected chi connectivity index (χ2v) is 5.39. The van der Waals surface area contributed by atoms with E-state index < -0.39 is 0 Å². The molecule has 1 heterocycles. The molecule has 118 valence electrons. The van der Waals surface area contributed by atoms with Crippen molar-refractivity contribution >= 4 is 24.0 Å². The van der Waals surface area contributed by atoms with Gasteiger partial charge in [-0.25, -0.2) is 0 Å². The average Bonchev–Trinajstić information content (AvgIpc) is 2.84. The van der Waals surface area contributed by atoms with Gasteiger partial charge < -0.3 is 20.5 Å². The summed E-state index contributed by atoms with van der Waals surface area (Å²) in [5, 5.41) is 16.8. The number of benzene rings is 1. The van der Waals surface area contributed by atoms with E-state index in [0.717, 1.165) is 25.2 Å². The quantitative estimate of drug-likeness (QED) is 0.668. The maximum absolute atomic E-state index is 9.70. The van der Waals surface area contributed by atoms with E-state index in [1.165, 1.54) is 0 Å². The first kappa shape index (κ1) is 18.3. The molecule has 4 nitrogen and oxygen atoms in total. The lowest BCUT2D eigenvalue weighted by Crippen LogP contribution is -2.30. The second kappa shape index (κ2) is 9.28. The van der Waals surface area contributed by atoms with Gasteiger partial charge in [-0.2, -0.15) is 0 Å². The van der Waals surface area contributed by atoms with Crippen LogP contribution >= 0.6 is 24.0 Å². The molecule has 1 saturated heterocycles. The maximum Gasteiger partial charge on any atom is 0.138 e. The molecule has 2 unspecified atom stereocenters. The van der Waals surface area contributed by atoms with Crippen molar-refractivity contribution in [2.75, 3.05) is 26.2 Å². The molecule has 2 rings (SSSR count). The molecule has 1 aliphatic heterocycles. The number of ether oxygens (including phenoxy) is 1. The maximum atomic E-state index is 9.70. The van der Waals surface area contributed by atoms with Gasteiger partial charge in [-0.1, -0.05) is 30.3 Å². The van der Waals surface area contributed by atoms with Crippen molar-refractivity contribution in [3.8, 4) is 5.75 Å². The zero-order valence-electron chi connectivity index (χ0n) is 11.8. The summed E-state index contributed by atoms with van der Waals surface area (Å²) in [6.45, 7) is 7.12. The van der Waals surface area contributed by atoms with E-state index in [-0.39, 0.29) is 24.4 Å². The van der Waals surface area contributed by atoms with E-state index in [4.69, 9.17) is 16.3 Å². The fraction of sp³-hybridized carbons (Fsp3) is 0.467. The number of hydrogen-bond acceptors (Lipinski definition) is 4. The minimum atomic E-state index is -0.249. The normalized spacial score (nSPS) is 20.9. The third-order valence-corrected chi connectivity index (χ3v) is 3.69. The molecule has 3 N–H and O–H groups in total. The smallest absolute Gasteiger partial charge is 0.138 e. The van der Waals surface area contributed by atoms with Gasteiger partial charge in [-0.3, -0.25) is 0 Å². The molecule has 0 radical (unpaired) electrons. The molecule has 2 atom stereocenters. The Balaban J connectivity index is 0.00000220. The molecule has 1 aromatic rings. The molecule has 21 heavy (non-hydrogen) atoms. The predicted octanol–water partition coefficient (Wildman–Crippen LogP) is 2.00. The highest BCUT2D eigenvalue weighted by molar-refractivity contribution is 6.32. The number of aliphatic hydroxyl groups is 1. The molecular formula is C15H22Cl2N2O2. The molecule has 0 amide bonds. The van der Waals surface area contributed by atoms with Gasteiger partial charge in [0.2, 0.25) is 0 Å². The van der Waals surface area contributed by atoms with Crippen LogP contribution in [-0.2, 0) is 6.54 Å². The van der Waals surface area contributed by atoms with E-state index in [2.05, 4.69) is 17.2 Å². The first-order chi connectivity index (χ1) is 9.70. The Bertz CT molecular complexity index is 457. The summed E-state index contributed by atoms with van der Waals surface area (Å²) in [7, 11) is 0. The fourth-order valence-corrected chi connectivity index (χ4v) is 2.51. The second-order valence-electron chi connectivity index (χ2n) is 4.98. The minimum Gasteiger partial charge on any atom is -0.488 e. The number of nitrogens with one attached hydrogen (secondary N) is 2. The summed E-state index contributed by atoms with van der Waals surface area (Å²) < 4.78 is 5.43. The summed E-state index contributed by atoms with van der Waals surface area (Å²) in [5.41, 5.74) is 1.10. The predicted molar refractivity (Wildman–Crippen MR) is 88.5 cm³/mol. The van der Waals surface area contributed by atoms with Crippen LogP contribution in [0.4, 0.5) is 0 Å². The van der Waals surface area contributed by atoms with Crippen molar-refractivity contribution in [1.82, 2.24) is 10.6 Å². The van der Waals surface area contributed by atoms with Crippen LogP contribution in [0.25, 0.3) is 0 Å². The van der Waals surface area contributed by atoms with Crippen LogP contribution < -0.4 is 15.4 Å². The van der Waals surface area contributed by atoms with E-state index in [0.29, 0.717) is 23.9 Å². The molecular weight excluding hydrogens is 311 g/mol. The summed E-state index contributed by atoms with van der Waals surface area (Å²) in [4.78, 5) is 0. The molecule has 1 fully saturated rings. The first-order valence-electron chi connectivity index (χ1n) is 6.82. The van der Waals surface area contributed by atoms with Crippen LogP contribution in [0.5, 0.6) is 5.75 Å². The summed E-state index contributed by atoms with van der Waals surface area (Å²) in [5.74, 6) is 0.950. The zero-order valence-corrected chi connectivity index (χ0v) is 13.4. The van der Waals surface area contributed by atoms with Gasteiger partial charge in [-0.05, 0) is 17.7 Å². The molecule has 6 heteroatoms. The van der Waals surface area contributed by atoms with E-state index >= 15 is 0 Å². The molecule has 0 bridgehead atoms. The Morgan fingerprint density at radius 3 is 2.90 bits per heavy atom. The van der Waals surface area contributed by atoms with E-state index in [1.807, 2.05) is 18.2 Å². The summed E-state index contributed by atoms with van der Waals surface area (Å²) in [6.07, 6.45) is 1.44. The molecule has 1 aromatic carbocycles. The number of aliphatic hydroxyl groups excluding tert-OH is 1. The topological polar surface area (TPSA) is 53.5 Å². The largest absolute Gasteiger partial charge is 0.488 e. The van der Waals surface area contributed by atoms with Crippen molar-refractivity contribution in [2.45, 2.75) is 12.6 Å². The minimum absolute atomic E-state index is 0. The SMILES string of the molecule is C=CCOc1ccc(CNCC2CNCC2O)cc1Cl.Cl. The monoisotopic (exact) mass is 332 g/mol. The van der Waals surface area contributed by atoms with Gasteiger partial charge in [0.25, 0.3) is 0 Å². The Labute approximate surface area is 136 Å². The van der Waals surface area contributed by atoms with Crippen molar-refractivity contribution in [1.29, 1.82) is 0 Å². The molecule has 0 saturated carbocycles. The fourth-order valence-electron chi connectivity index (χ4n) is 2.25. The van der Waals surface area contributed by atoms with Gasteiger partial charge in [0.15, 0.2) is 0 Å². The van der Waals surface area contributed by atoms with Crippen LogP contribution in [0.2, 0.25) is 5.02 Å². The van der Waals surface area contributed by atoms with E-state index in [9.17, 15) is 5.11 Å². The average molecular weight is 333 g/mol. The summed E-state index contributed by atoms with van der Waals surface area (Å²) >= 11 is 6.16. The molecule has 1 aliphatic rings. The number of β-amino-alcohol motifs (C(OH)–C–C–N with tert-alkyl or cyclic N) is 1. The lowest BCUT2D eigenvalue weighted by Gasteiger charge is -2.14. The van der Waals surface area contributed by atoms with Crippen molar-refractivity contribution in [3.63, 3.8) is 0 Å². The number of hydrogen-bond donors (Lipinski definition) is 3. The van der Waals surface area contributed by atoms with Crippen LogP contribution in [0, 0.1) is 5.92 Å². The standard InChI is InChI=1S/C15H21ClN2O2.ClH/c1-2-5-20-15-4-3-11(6-13(15)16)7-17-8-12-9-18-10-14(12)19;/h2-4,6,12,14,17-19H,1,5,7-10H2;1H. The molecule has 0 spiro atoms. The van der Waals surface area contributed by atoms with Crippen molar-refractivity contribution in [2.24, 2.45) is 5.92 Å². The summed E-state index contributed by atoms with van der Waals surface area (Å²) in [6, 6.07) is 5.76. The third kappa shape index (κ3) is 5.49. The van der Waals surface area contributed by atoms with Crippen molar-refractivity contribution < 1.29 is 9.84 Å². The van der Waals surface area contributed by atoms with Crippen molar-refractivity contribution in [3.05, 3.63) is 41.4 Å². The number of halogens is 2. The Morgan fingerprint density at radius 2 is 2.29 bits per heavy atom. The van der Waals surface area contributed by atoms with Gasteiger partial charge in [0.05, 0.1) is 11.1 Å². The van der Waals surface area contributed by atoms with Crippen LogP contribution in [-0.4, -0.2) is 37.5 Å². The van der Waals surface area contributed by atoms with Gasteiger partial charge in [0.1, 0.15) is 12.4 Å². The zero-order chi connectivity index (χ0) is 14.4. The van der Waals surface area contributed by atoms with Gasteiger partial charge >= 0.3 is 0 Å². The first-order valence-corrected chi connectivity index (χ1v) is 7.20. The Morgan fingerprint density at radius 1 is 1.48 bits per heavy atom. The van der Waals surface area contributed by atoms with E-state index in [1.54, 1.807) is 6.08 Å². The number of rotatable bonds is 7. The Kier molecular flexibility index (Phi) is 8.07. The van der Waals surface area contributed by atoms with Crippen LogP contribution in [0.15, 0.2) is 30.9 Å². The molecule has 0 aliphatic carbocycles. The Hall–Kier alpha value is -0.780. The highest BCUT2D eigenvalue weighted by Gasteiger charge is 2.23. The lowest BCUT2D eigenvalue weighted by atomic mass is 10.1. The lowest BCUT2D eigenvalue weighted by molar-refractivity contribution is 0.146. The van der Waals surface area contributed by atoms with Gasteiger partial charge in [-0.15, -0.1) is 12.4 Å². The van der Waals surface area contributed by atoms with Crippen LogP contribution in [0.1, 0.15) is 5.56 Å². The highest BCUT2D eigenvalue weighted by Crippen LogP contribution is 2.25. The third-order valence-electron chi connectivity index (χ3n) is 3.39. The van der Waals surface area contributed by atoms with Crippen LogP contribution in [0.3, 0.4) is 0 Å².